The van der Waals surface area contributed by atoms with E-state index in [0.717, 1.165) is 0 Å². The molecule has 9 aliphatic rings. The van der Waals surface area contributed by atoms with E-state index in [2.05, 4.69) is 13.5 Å². The summed E-state index contributed by atoms with van der Waals surface area (Å²) in [6, 6.07) is 0. The quantitative estimate of drug-likeness (QED) is 0.0398. The number of esters is 1. The summed E-state index contributed by atoms with van der Waals surface area (Å²) < 4.78 is 66.6. The van der Waals surface area contributed by atoms with Crippen molar-refractivity contribution in [3.05, 3.63) is 12.2 Å². The maximum absolute atomic E-state index is 15.1. The third-order valence-corrected chi connectivity index (χ3v) is 20.6. The van der Waals surface area contributed by atoms with Crippen molar-refractivity contribution in [2.24, 2.45) is 28.6 Å². The van der Waals surface area contributed by atoms with Crippen molar-refractivity contribution >= 4 is 5.97 Å². The molecule has 33 heteroatoms. The van der Waals surface area contributed by atoms with Crippen LogP contribution in [0.15, 0.2) is 12.2 Å². The third kappa shape index (κ3) is 13.7. The number of carbonyl (C=O) groups is 1. The molecule has 33 nitrogen and oxygen atoms in total. The summed E-state index contributed by atoms with van der Waals surface area (Å²) in [5.41, 5.74) is -1.47. The summed E-state index contributed by atoms with van der Waals surface area (Å²) in [5, 5.41) is 226. The minimum absolute atomic E-state index is 0.0319. The number of fused-ring (bicyclic) bond motifs is 4. The first-order valence-corrected chi connectivity index (χ1v) is 30.5. The van der Waals surface area contributed by atoms with Gasteiger partial charge in [-0.15, -0.1) is 0 Å². The third-order valence-electron chi connectivity index (χ3n) is 20.6. The van der Waals surface area contributed by atoms with E-state index < -0.39 is 253 Å². The highest BCUT2D eigenvalue weighted by Gasteiger charge is 2.67. The average Bonchev–Trinajstić information content (AvgIpc) is 1.73. The molecule has 0 amide bonds. The van der Waals surface area contributed by atoms with Gasteiger partial charge in [0.15, 0.2) is 31.5 Å². The van der Waals surface area contributed by atoms with Crippen LogP contribution >= 0.6 is 0 Å². The summed E-state index contributed by atoms with van der Waals surface area (Å²) in [6.45, 7) is 0.853. The molecule has 6 heterocycles. The first-order valence-electron chi connectivity index (χ1n) is 30.5. The van der Waals surface area contributed by atoms with Gasteiger partial charge < -0.3 is 159 Å². The molecule has 9 fully saturated rings. The van der Waals surface area contributed by atoms with Crippen molar-refractivity contribution in [2.75, 3.05) is 39.6 Å². The summed E-state index contributed by atoms with van der Waals surface area (Å²) in [4.78, 5) is 15.1. The lowest BCUT2D eigenvalue weighted by atomic mass is 9.44. The van der Waals surface area contributed by atoms with E-state index in [1.165, 1.54) is 0 Å². The number of hydrogen-bond donors (Lipinski definition) is 21. The molecule has 9 rings (SSSR count). The van der Waals surface area contributed by atoms with Crippen LogP contribution in [-0.2, 0) is 56.9 Å². The average molecular weight is 1290 g/mol. The normalized spacial score (nSPS) is 50.4. The van der Waals surface area contributed by atoms with Crippen LogP contribution in [0.3, 0.4) is 0 Å². The highest BCUT2D eigenvalue weighted by molar-refractivity contribution is 5.80. The Morgan fingerprint density at radius 1 is 0.517 bits per heavy atom. The summed E-state index contributed by atoms with van der Waals surface area (Å²) in [7, 11) is 0. The maximum atomic E-state index is 15.1. The van der Waals surface area contributed by atoms with Crippen molar-refractivity contribution in [3.63, 3.8) is 0 Å². The minimum Gasteiger partial charge on any atom is -0.459 e. The zero-order valence-corrected chi connectivity index (χ0v) is 48.9. The molecule has 21 N–H and O–H groups in total. The first kappa shape index (κ1) is 71.3. The standard InChI is InChI=1S/C56H92O33/c1-19-4-5-20-6-9-30-55(2,21(20)7-8-23(19)79-53-48(89-52-44(77)40(73)35(68)28(17-61)83-52)47(36(69)29(18-62)84-53)88-51-43(76)39(72)34(67)27(16-60)82-51)10-3-11-56(30)12-24(85-54(56)78)45(86-49-41(74)37(70)32(65)25(14-58)80-49)46(31(64)22(63)13-57)87-50-42(75)38(71)33(66)26(15-59)81-50/h20-53,57-77H,1,3-18H2,2H3/t20?,21-,22?,23?,24?,25?,26?,27?,28?,29?,30?,31?,32?,33?,34?,35?,36?,37?,38?,39?,40?,41?,42?,43?,44?,45?,46?,47?,48?,49?,50?,51?,52?,53?,55+,56+/m1/s1. The van der Waals surface area contributed by atoms with Crippen LogP contribution in [-0.4, -0.2) is 343 Å². The predicted octanol–water partition coefficient (Wildman–Crippen LogP) is -9.83. The Balaban J connectivity index is 1.01. The lowest BCUT2D eigenvalue weighted by Gasteiger charge is -2.59. The number of ether oxygens (including phenoxy) is 11. The fraction of sp³-hybridized carbons (Fsp3) is 0.946. The largest absolute Gasteiger partial charge is 0.459 e. The molecule has 514 valence electrons. The van der Waals surface area contributed by atoms with E-state index in [1.807, 2.05) is 0 Å². The van der Waals surface area contributed by atoms with Crippen molar-refractivity contribution in [3.8, 4) is 0 Å². The molecular weight excluding hydrogens is 1200 g/mol. The Kier molecular flexibility index (Phi) is 23.6. The first-order chi connectivity index (χ1) is 42.2. The molecule has 3 aliphatic carbocycles. The van der Waals surface area contributed by atoms with Gasteiger partial charge in [-0.1, -0.05) is 19.9 Å². The lowest BCUT2D eigenvalue weighted by molar-refractivity contribution is -0.394. The van der Waals surface area contributed by atoms with Crippen LogP contribution in [0.2, 0.25) is 0 Å². The van der Waals surface area contributed by atoms with Gasteiger partial charge in [0, 0.05) is 6.42 Å². The van der Waals surface area contributed by atoms with Crippen LogP contribution in [0.1, 0.15) is 71.1 Å². The molecule has 0 bridgehead atoms. The Labute approximate surface area is 510 Å². The highest BCUT2D eigenvalue weighted by Crippen LogP contribution is 2.66. The number of rotatable bonds is 20. The second kappa shape index (κ2) is 29.5. The van der Waals surface area contributed by atoms with E-state index in [4.69, 9.17) is 52.1 Å². The van der Waals surface area contributed by atoms with Crippen LogP contribution < -0.4 is 0 Å². The van der Waals surface area contributed by atoms with Crippen molar-refractivity contribution < 1.29 is 164 Å². The Bertz CT molecular complexity index is 2290. The lowest BCUT2D eigenvalue weighted by Crippen LogP contribution is -2.67. The van der Waals surface area contributed by atoms with Crippen LogP contribution in [0.25, 0.3) is 0 Å². The fourth-order valence-corrected chi connectivity index (χ4v) is 15.5. The Hall–Kier alpha value is -2.03. The van der Waals surface area contributed by atoms with Crippen LogP contribution in [0.4, 0.5) is 0 Å². The van der Waals surface area contributed by atoms with E-state index in [-0.39, 0.29) is 31.1 Å². The zero-order valence-electron chi connectivity index (χ0n) is 48.9. The Morgan fingerprint density at radius 2 is 0.978 bits per heavy atom. The van der Waals surface area contributed by atoms with Gasteiger partial charge in [-0.25, -0.2) is 0 Å². The smallest absolute Gasteiger partial charge is 0.312 e. The number of hydrogen-bond acceptors (Lipinski definition) is 33. The van der Waals surface area contributed by atoms with Gasteiger partial charge in [0.1, 0.15) is 153 Å². The summed E-state index contributed by atoms with van der Waals surface area (Å²) in [5.74, 6) is -1.34. The molecule has 1 spiro atoms. The van der Waals surface area contributed by atoms with Gasteiger partial charge in [0.2, 0.25) is 0 Å². The van der Waals surface area contributed by atoms with Crippen LogP contribution in [0.5, 0.6) is 0 Å². The minimum atomic E-state index is -2.27. The van der Waals surface area contributed by atoms with Gasteiger partial charge in [0.05, 0.1) is 51.2 Å². The second-order valence-corrected chi connectivity index (χ2v) is 25.7. The Morgan fingerprint density at radius 3 is 1.48 bits per heavy atom. The maximum Gasteiger partial charge on any atom is 0.312 e. The van der Waals surface area contributed by atoms with E-state index in [0.29, 0.717) is 50.5 Å². The number of carbonyl (C=O) groups excluding carboxylic acids is 1. The predicted molar refractivity (Wildman–Crippen MR) is 286 cm³/mol. The second-order valence-electron chi connectivity index (χ2n) is 25.7. The van der Waals surface area contributed by atoms with Crippen molar-refractivity contribution in [1.29, 1.82) is 0 Å². The zero-order chi connectivity index (χ0) is 64.9. The van der Waals surface area contributed by atoms with E-state index in [1.54, 1.807) is 0 Å². The number of aliphatic hydroxyl groups is 21. The van der Waals surface area contributed by atoms with Crippen LogP contribution in [0, 0.1) is 28.6 Å². The molecule has 6 saturated heterocycles. The molecule has 36 atom stereocenters. The van der Waals surface area contributed by atoms with Gasteiger partial charge in [-0.3, -0.25) is 4.79 Å². The van der Waals surface area contributed by atoms with E-state index >= 15 is 4.79 Å². The molecule has 3 saturated carbocycles. The summed E-state index contributed by atoms with van der Waals surface area (Å²) >= 11 is 0. The number of cyclic esters (lactones) is 1. The van der Waals surface area contributed by atoms with Gasteiger partial charge in [-0.2, -0.15) is 0 Å². The number of aliphatic hydroxyl groups excluding tert-OH is 21. The van der Waals surface area contributed by atoms with Gasteiger partial charge in [-0.05, 0) is 80.1 Å². The van der Waals surface area contributed by atoms with Gasteiger partial charge >= 0.3 is 5.97 Å². The molecule has 0 radical (unpaired) electrons. The topological polar surface area (TPSA) is 543 Å². The van der Waals surface area contributed by atoms with Gasteiger partial charge in [0.25, 0.3) is 0 Å². The molecule has 0 aromatic rings. The highest BCUT2D eigenvalue weighted by atomic mass is 16.8. The van der Waals surface area contributed by atoms with Crippen molar-refractivity contribution in [2.45, 2.75) is 261 Å². The molecule has 33 unspecified atom stereocenters. The summed E-state index contributed by atoms with van der Waals surface area (Å²) in [6.07, 6.45) is -53.9. The molecule has 6 aliphatic heterocycles. The fourth-order valence-electron chi connectivity index (χ4n) is 15.5. The molecular formula is C56H92O33. The monoisotopic (exact) mass is 1290 g/mol. The molecule has 0 aromatic heterocycles. The van der Waals surface area contributed by atoms with Crippen molar-refractivity contribution in [1.82, 2.24) is 0 Å². The SMILES string of the molecule is C=C1CCC2CCC3[C@]4(CCC[C@@]3(C)[C@@H]2CCC1OC1OC(CO)C(O)C(OC2OC(CO)C(O)C(O)C2O)C1OC1OC(CO)C(O)C(O)C1O)CC(C(OC1OC(CO)C(O)C(O)C1O)C(OC1OC(CO)C(O)C(O)C1O)C(O)C(O)CO)OC4=O. The molecule has 0 aromatic carbocycles. The van der Waals surface area contributed by atoms with E-state index in [9.17, 15) is 107 Å². The molecule has 89 heavy (non-hydrogen) atoms.